The van der Waals surface area contributed by atoms with Crippen LogP contribution in [0.5, 0.6) is 5.75 Å². The monoisotopic (exact) mass is 304 g/mol. The molecule has 2 fully saturated rings. The summed E-state index contributed by atoms with van der Waals surface area (Å²) < 4.78 is 5.95. The molecule has 0 radical (unpaired) electrons. The summed E-state index contributed by atoms with van der Waals surface area (Å²) >= 11 is 0. The molecule has 3 N–H and O–H groups in total. The molecule has 1 aromatic carbocycles. The third-order valence-corrected chi connectivity index (χ3v) is 4.32. The normalized spacial score (nSPS) is 25.9. The number of hydrogen-bond acceptors (Lipinski definition) is 4. The highest BCUT2D eigenvalue weighted by atomic mass is 16.5. The second-order valence-electron chi connectivity index (χ2n) is 6.61. The van der Waals surface area contributed by atoms with Crippen molar-refractivity contribution < 1.29 is 14.6 Å². The summed E-state index contributed by atoms with van der Waals surface area (Å²) in [5, 5.41) is 10.5. The van der Waals surface area contributed by atoms with E-state index in [1.807, 2.05) is 18.2 Å². The number of nitrogens with zero attached hydrogens (tertiary/aromatic N) is 1. The van der Waals surface area contributed by atoms with Gasteiger partial charge >= 0.3 is 0 Å². The molecule has 0 spiro atoms. The van der Waals surface area contributed by atoms with Crippen molar-refractivity contribution in [1.82, 2.24) is 4.90 Å². The lowest BCUT2D eigenvalue weighted by molar-refractivity contribution is -0.125. The van der Waals surface area contributed by atoms with E-state index in [1.54, 1.807) is 0 Å². The molecule has 1 aromatic rings. The molecule has 5 nitrogen and oxygen atoms in total. The van der Waals surface area contributed by atoms with E-state index in [0.717, 1.165) is 43.7 Å². The first-order valence-corrected chi connectivity index (χ1v) is 8.02. The average Bonchev–Trinajstić information content (AvgIpc) is 3.23. The van der Waals surface area contributed by atoms with Crippen LogP contribution in [0.1, 0.15) is 37.7 Å². The number of likely N-dealkylation sites (tertiary alicyclic amines) is 1. The van der Waals surface area contributed by atoms with Crippen LogP contribution >= 0.6 is 0 Å². The smallest absolute Gasteiger partial charge is 0.220 e. The van der Waals surface area contributed by atoms with E-state index in [4.69, 9.17) is 10.5 Å². The number of hydrogen-bond donors (Lipinski definition) is 2. The lowest BCUT2D eigenvalue weighted by atomic mass is 9.89. The van der Waals surface area contributed by atoms with Crippen LogP contribution in [0.4, 0.5) is 0 Å². The van der Waals surface area contributed by atoms with Crippen molar-refractivity contribution in [3.8, 4) is 5.75 Å². The lowest BCUT2D eigenvalue weighted by Gasteiger charge is -2.38. The van der Waals surface area contributed by atoms with Crippen LogP contribution in [0, 0.1) is 0 Å². The number of rotatable bonds is 6. The minimum absolute atomic E-state index is 0.0315. The third kappa shape index (κ3) is 3.99. The summed E-state index contributed by atoms with van der Waals surface area (Å²) in [6.45, 7) is 2.12. The van der Waals surface area contributed by atoms with Gasteiger partial charge in [0.25, 0.3) is 0 Å². The number of benzene rings is 1. The van der Waals surface area contributed by atoms with Crippen LogP contribution in [0.2, 0.25) is 0 Å². The van der Waals surface area contributed by atoms with E-state index >= 15 is 0 Å². The van der Waals surface area contributed by atoms with Crippen molar-refractivity contribution in [2.45, 2.75) is 50.4 Å². The second-order valence-corrected chi connectivity index (χ2v) is 6.61. The fourth-order valence-corrected chi connectivity index (χ4v) is 3.17. The summed E-state index contributed by atoms with van der Waals surface area (Å²) in [4.78, 5) is 13.3. The maximum Gasteiger partial charge on any atom is 0.220 e. The summed E-state index contributed by atoms with van der Waals surface area (Å²) in [6, 6.07) is 8.07. The molecule has 5 heteroatoms. The molecular formula is C17H24N2O3. The van der Waals surface area contributed by atoms with E-state index in [1.165, 1.54) is 0 Å². The number of primary amides is 1. The Labute approximate surface area is 131 Å². The first-order valence-electron chi connectivity index (χ1n) is 8.02. The van der Waals surface area contributed by atoms with Gasteiger partial charge in [0.2, 0.25) is 5.91 Å². The molecule has 0 bridgehead atoms. The van der Waals surface area contributed by atoms with Crippen LogP contribution in [0.15, 0.2) is 24.3 Å². The zero-order valence-electron chi connectivity index (χ0n) is 12.8. The number of amides is 1. The van der Waals surface area contributed by atoms with Gasteiger partial charge in [-0.2, -0.15) is 0 Å². The van der Waals surface area contributed by atoms with Crippen molar-refractivity contribution in [3.63, 3.8) is 0 Å². The zero-order chi connectivity index (χ0) is 15.6. The zero-order valence-corrected chi connectivity index (χ0v) is 12.8. The number of nitrogens with two attached hydrogens (primary N) is 1. The van der Waals surface area contributed by atoms with Gasteiger partial charge in [0, 0.05) is 18.7 Å². The van der Waals surface area contributed by atoms with Gasteiger partial charge in [-0.25, -0.2) is 0 Å². The molecule has 1 saturated carbocycles. The van der Waals surface area contributed by atoms with E-state index in [-0.39, 0.29) is 6.42 Å². The number of piperidine rings is 1. The van der Waals surface area contributed by atoms with E-state index in [9.17, 15) is 9.90 Å². The Balaban J connectivity index is 1.66. The maximum absolute atomic E-state index is 11.1. The SMILES string of the molecule is NC(=O)CC1(O)CCCN(Cc2ccccc2OC2CC2)C1. The molecule has 3 rings (SSSR count). The molecule has 1 amide bonds. The fourth-order valence-electron chi connectivity index (χ4n) is 3.17. The van der Waals surface area contributed by atoms with Crippen LogP contribution in [0.3, 0.4) is 0 Å². The van der Waals surface area contributed by atoms with Crippen LogP contribution in [-0.2, 0) is 11.3 Å². The Bertz CT molecular complexity index is 544. The predicted molar refractivity (Wildman–Crippen MR) is 83.4 cm³/mol. The molecule has 2 aliphatic rings. The third-order valence-electron chi connectivity index (χ3n) is 4.32. The molecule has 1 aliphatic carbocycles. The first-order chi connectivity index (χ1) is 10.5. The first kappa shape index (κ1) is 15.3. The Morgan fingerprint density at radius 3 is 2.91 bits per heavy atom. The molecular weight excluding hydrogens is 280 g/mol. The fraction of sp³-hybridized carbons (Fsp3) is 0.588. The van der Waals surface area contributed by atoms with E-state index in [0.29, 0.717) is 19.1 Å². The van der Waals surface area contributed by atoms with E-state index < -0.39 is 11.5 Å². The molecule has 1 saturated heterocycles. The topological polar surface area (TPSA) is 75.8 Å². The predicted octanol–water partition coefficient (Wildman–Crippen LogP) is 1.43. The lowest BCUT2D eigenvalue weighted by Crippen LogP contribution is -2.49. The quantitative estimate of drug-likeness (QED) is 0.833. The number of carbonyl (C=O) groups is 1. The standard InChI is InChI=1S/C17H24N2O3/c18-16(20)10-17(21)8-3-9-19(12-17)11-13-4-1-2-5-15(13)22-14-6-7-14/h1-2,4-5,14,21H,3,6-12H2,(H2,18,20). The van der Waals surface area contributed by atoms with Crippen molar-refractivity contribution >= 4 is 5.91 Å². The largest absolute Gasteiger partial charge is 0.490 e. The van der Waals surface area contributed by atoms with Crippen molar-refractivity contribution in [3.05, 3.63) is 29.8 Å². The Morgan fingerprint density at radius 1 is 1.41 bits per heavy atom. The van der Waals surface area contributed by atoms with Gasteiger partial charge in [-0.3, -0.25) is 9.69 Å². The molecule has 120 valence electrons. The summed E-state index contributed by atoms with van der Waals surface area (Å²) in [6.07, 6.45) is 4.17. The van der Waals surface area contributed by atoms with Crippen molar-refractivity contribution in [1.29, 1.82) is 0 Å². The molecule has 1 aliphatic heterocycles. The Hall–Kier alpha value is -1.59. The summed E-state index contributed by atoms with van der Waals surface area (Å²) in [5.74, 6) is 0.496. The average molecular weight is 304 g/mol. The minimum atomic E-state index is -0.990. The number of ether oxygens (including phenoxy) is 1. The van der Waals surface area contributed by atoms with Gasteiger partial charge in [0.15, 0.2) is 0 Å². The van der Waals surface area contributed by atoms with Gasteiger partial charge in [-0.05, 0) is 38.3 Å². The molecule has 0 aromatic heterocycles. The van der Waals surface area contributed by atoms with Crippen molar-refractivity contribution in [2.75, 3.05) is 13.1 Å². The highest BCUT2D eigenvalue weighted by Crippen LogP contribution is 2.31. The van der Waals surface area contributed by atoms with Gasteiger partial charge in [-0.1, -0.05) is 18.2 Å². The Kier molecular flexibility index (Phi) is 4.36. The second kappa shape index (κ2) is 6.26. The highest BCUT2D eigenvalue weighted by molar-refractivity contribution is 5.75. The van der Waals surface area contributed by atoms with Crippen LogP contribution < -0.4 is 10.5 Å². The van der Waals surface area contributed by atoms with Gasteiger partial charge in [0.05, 0.1) is 18.1 Å². The van der Waals surface area contributed by atoms with Gasteiger partial charge in [-0.15, -0.1) is 0 Å². The summed E-state index contributed by atoms with van der Waals surface area (Å²) in [5.41, 5.74) is 5.40. The van der Waals surface area contributed by atoms with E-state index in [2.05, 4.69) is 11.0 Å². The number of β-amino-alcohol motifs (C(OH)–C–C–N with tert-alkyl or cyclic N) is 1. The Morgan fingerprint density at radius 2 is 2.18 bits per heavy atom. The molecule has 22 heavy (non-hydrogen) atoms. The summed E-state index contributed by atoms with van der Waals surface area (Å²) in [7, 11) is 0. The van der Waals surface area contributed by atoms with Gasteiger partial charge < -0.3 is 15.6 Å². The maximum atomic E-state index is 11.1. The number of carbonyl (C=O) groups excluding carboxylic acids is 1. The van der Waals surface area contributed by atoms with Gasteiger partial charge in [0.1, 0.15) is 5.75 Å². The highest BCUT2D eigenvalue weighted by Gasteiger charge is 2.35. The van der Waals surface area contributed by atoms with Crippen LogP contribution in [0.25, 0.3) is 0 Å². The molecule has 1 unspecified atom stereocenters. The minimum Gasteiger partial charge on any atom is -0.490 e. The van der Waals surface area contributed by atoms with Crippen molar-refractivity contribution in [2.24, 2.45) is 5.73 Å². The molecule has 1 atom stereocenters. The number of para-hydroxylation sites is 1. The van der Waals surface area contributed by atoms with Crippen LogP contribution in [-0.4, -0.2) is 40.7 Å². The number of aliphatic hydroxyl groups is 1. The molecule has 1 heterocycles.